The van der Waals surface area contributed by atoms with Crippen LogP contribution in [-0.2, 0) is 0 Å². The van der Waals surface area contributed by atoms with Crippen molar-refractivity contribution in [2.24, 2.45) is 0 Å². The summed E-state index contributed by atoms with van der Waals surface area (Å²) in [5.41, 5.74) is 1.69. The van der Waals surface area contributed by atoms with Gasteiger partial charge in [0.1, 0.15) is 5.75 Å². The quantitative estimate of drug-likeness (QED) is 0.873. The van der Waals surface area contributed by atoms with Crippen LogP contribution in [0, 0.1) is 0 Å². The maximum atomic E-state index is 9.58. The zero-order valence-electron chi connectivity index (χ0n) is 9.92. The molecular formula is C14H15NO2. The second-order valence-electron chi connectivity index (χ2n) is 4.20. The Balaban J connectivity index is 2.18. The molecule has 0 radical (unpaired) electrons. The van der Waals surface area contributed by atoms with Crippen LogP contribution in [-0.4, -0.2) is 10.3 Å². The molecular weight excluding hydrogens is 214 g/mol. The Hall–Kier alpha value is -2.03. The molecule has 0 saturated heterocycles. The van der Waals surface area contributed by atoms with Gasteiger partial charge in [-0.15, -0.1) is 0 Å². The molecule has 0 spiro atoms. The zero-order valence-corrected chi connectivity index (χ0v) is 9.92. The fourth-order valence-electron chi connectivity index (χ4n) is 1.45. The van der Waals surface area contributed by atoms with Gasteiger partial charge in [0.2, 0.25) is 0 Å². The normalized spacial score (nSPS) is 11.5. The fourth-order valence-corrected chi connectivity index (χ4v) is 1.45. The number of nitrogens with zero attached hydrogens (tertiary/aromatic N) is 1. The van der Waals surface area contributed by atoms with Gasteiger partial charge in [-0.3, -0.25) is 0 Å². The summed E-state index contributed by atoms with van der Waals surface area (Å²) in [6, 6.07) is 9.06. The molecule has 0 unspecified atom stereocenters. The first-order valence-electron chi connectivity index (χ1n) is 5.59. The van der Waals surface area contributed by atoms with Gasteiger partial charge in [-0.05, 0) is 24.1 Å². The predicted molar refractivity (Wildman–Crippen MR) is 67.6 cm³/mol. The van der Waals surface area contributed by atoms with Crippen LogP contribution in [0.1, 0.15) is 36.8 Å². The maximum absolute atomic E-state index is 9.58. The van der Waals surface area contributed by atoms with Gasteiger partial charge in [0.25, 0.3) is 0 Å². The lowest BCUT2D eigenvalue weighted by atomic mass is 10.1. The summed E-state index contributed by atoms with van der Waals surface area (Å²) in [4.78, 5) is 0. The van der Waals surface area contributed by atoms with E-state index in [4.69, 9.17) is 4.52 Å². The van der Waals surface area contributed by atoms with E-state index in [-0.39, 0.29) is 5.75 Å². The highest BCUT2D eigenvalue weighted by Crippen LogP contribution is 2.20. The molecule has 1 heterocycles. The van der Waals surface area contributed by atoms with Gasteiger partial charge in [0, 0.05) is 11.6 Å². The first kappa shape index (κ1) is 11.5. The molecule has 1 aromatic carbocycles. The van der Waals surface area contributed by atoms with Gasteiger partial charge in [0.05, 0.1) is 5.69 Å². The monoisotopic (exact) mass is 229 g/mol. The first-order valence-corrected chi connectivity index (χ1v) is 5.59. The summed E-state index contributed by atoms with van der Waals surface area (Å²) in [7, 11) is 0. The van der Waals surface area contributed by atoms with Crippen molar-refractivity contribution in [1.82, 2.24) is 5.16 Å². The standard InChI is InChI=1S/C14H15NO2/c1-10(2)13-9-12(17-15-13)8-7-11-5-3-4-6-14(11)16/h3-10,16H,1-2H3/b8-7+. The van der Waals surface area contributed by atoms with Crippen LogP contribution in [0.25, 0.3) is 12.2 Å². The van der Waals surface area contributed by atoms with Crippen molar-refractivity contribution in [3.05, 3.63) is 47.3 Å². The Morgan fingerprint density at radius 3 is 2.65 bits per heavy atom. The van der Waals surface area contributed by atoms with Crippen LogP contribution in [0.5, 0.6) is 5.75 Å². The summed E-state index contributed by atoms with van der Waals surface area (Å²) in [5, 5.41) is 13.5. The third kappa shape index (κ3) is 2.75. The van der Waals surface area contributed by atoms with Crippen molar-refractivity contribution in [3.8, 4) is 5.75 Å². The molecule has 0 bridgehead atoms. The number of benzene rings is 1. The van der Waals surface area contributed by atoms with Crippen molar-refractivity contribution in [2.75, 3.05) is 0 Å². The average Bonchev–Trinajstić information content (AvgIpc) is 2.77. The van der Waals surface area contributed by atoms with Crippen LogP contribution in [0.15, 0.2) is 34.9 Å². The van der Waals surface area contributed by atoms with E-state index in [2.05, 4.69) is 19.0 Å². The largest absolute Gasteiger partial charge is 0.507 e. The second kappa shape index (κ2) is 4.87. The first-order chi connectivity index (χ1) is 8.16. The molecule has 2 aromatic rings. The van der Waals surface area contributed by atoms with Crippen molar-refractivity contribution in [2.45, 2.75) is 19.8 Å². The molecule has 2 rings (SSSR count). The minimum absolute atomic E-state index is 0.257. The molecule has 0 aliphatic rings. The predicted octanol–water partition coefficient (Wildman–Crippen LogP) is 3.67. The van der Waals surface area contributed by atoms with Crippen LogP contribution in [0.4, 0.5) is 0 Å². The van der Waals surface area contributed by atoms with Gasteiger partial charge < -0.3 is 9.63 Å². The van der Waals surface area contributed by atoms with E-state index in [0.717, 1.165) is 11.3 Å². The number of hydrogen-bond donors (Lipinski definition) is 1. The fraction of sp³-hybridized carbons (Fsp3) is 0.214. The molecule has 0 amide bonds. The smallest absolute Gasteiger partial charge is 0.159 e. The Labute approximate surface area is 100 Å². The molecule has 0 fully saturated rings. The number of aromatic nitrogens is 1. The third-order valence-electron chi connectivity index (χ3n) is 2.50. The minimum Gasteiger partial charge on any atom is -0.507 e. The van der Waals surface area contributed by atoms with Gasteiger partial charge in [0.15, 0.2) is 5.76 Å². The Morgan fingerprint density at radius 1 is 1.24 bits per heavy atom. The van der Waals surface area contributed by atoms with Crippen molar-refractivity contribution in [3.63, 3.8) is 0 Å². The summed E-state index contributed by atoms with van der Waals surface area (Å²) in [6.45, 7) is 4.13. The van der Waals surface area contributed by atoms with Crippen molar-refractivity contribution < 1.29 is 9.63 Å². The number of rotatable bonds is 3. The Kier molecular flexibility index (Phi) is 3.28. The molecule has 3 heteroatoms. The molecule has 1 aromatic heterocycles. The second-order valence-corrected chi connectivity index (χ2v) is 4.20. The summed E-state index contributed by atoms with van der Waals surface area (Å²) < 4.78 is 5.17. The SMILES string of the molecule is CC(C)c1cc(/C=C/c2ccccc2O)on1. The molecule has 3 nitrogen and oxygen atoms in total. The van der Waals surface area contributed by atoms with Gasteiger partial charge >= 0.3 is 0 Å². The Bertz CT molecular complexity index is 527. The van der Waals surface area contributed by atoms with E-state index < -0.39 is 0 Å². The average molecular weight is 229 g/mol. The molecule has 0 saturated carbocycles. The lowest BCUT2D eigenvalue weighted by molar-refractivity contribution is 0.402. The molecule has 17 heavy (non-hydrogen) atoms. The maximum Gasteiger partial charge on any atom is 0.159 e. The van der Waals surface area contributed by atoms with Crippen molar-refractivity contribution in [1.29, 1.82) is 0 Å². The zero-order chi connectivity index (χ0) is 12.3. The molecule has 88 valence electrons. The van der Waals surface area contributed by atoms with Crippen LogP contribution < -0.4 is 0 Å². The Morgan fingerprint density at radius 2 is 2.00 bits per heavy atom. The third-order valence-corrected chi connectivity index (χ3v) is 2.50. The summed E-state index contributed by atoms with van der Waals surface area (Å²) >= 11 is 0. The minimum atomic E-state index is 0.257. The van der Waals surface area contributed by atoms with E-state index in [1.807, 2.05) is 18.2 Å². The van der Waals surface area contributed by atoms with E-state index in [9.17, 15) is 5.11 Å². The van der Waals surface area contributed by atoms with Crippen LogP contribution in [0.2, 0.25) is 0 Å². The number of phenolic OH excluding ortho intramolecular Hbond substituents is 1. The van der Waals surface area contributed by atoms with Crippen LogP contribution >= 0.6 is 0 Å². The summed E-state index contributed by atoms with van der Waals surface area (Å²) in [5.74, 6) is 1.30. The number of hydrogen-bond acceptors (Lipinski definition) is 3. The van der Waals surface area contributed by atoms with E-state index >= 15 is 0 Å². The van der Waals surface area contributed by atoms with E-state index in [1.54, 1.807) is 24.3 Å². The van der Waals surface area contributed by atoms with E-state index in [1.165, 1.54) is 0 Å². The number of para-hydroxylation sites is 1. The highest BCUT2D eigenvalue weighted by atomic mass is 16.5. The van der Waals surface area contributed by atoms with Gasteiger partial charge in [-0.1, -0.05) is 37.2 Å². The topological polar surface area (TPSA) is 46.3 Å². The lowest BCUT2D eigenvalue weighted by Gasteiger charge is -1.95. The number of phenols is 1. The summed E-state index contributed by atoms with van der Waals surface area (Å²) in [6.07, 6.45) is 3.61. The molecule has 1 N–H and O–H groups in total. The molecule has 0 aliphatic carbocycles. The van der Waals surface area contributed by atoms with Crippen molar-refractivity contribution >= 4 is 12.2 Å². The highest BCUT2D eigenvalue weighted by Gasteiger charge is 2.05. The molecule has 0 aliphatic heterocycles. The van der Waals surface area contributed by atoms with Crippen LogP contribution in [0.3, 0.4) is 0 Å². The molecule has 0 atom stereocenters. The van der Waals surface area contributed by atoms with E-state index in [0.29, 0.717) is 11.7 Å². The van der Waals surface area contributed by atoms with Gasteiger partial charge in [-0.25, -0.2) is 0 Å². The highest BCUT2D eigenvalue weighted by molar-refractivity contribution is 5.70. The number of aromatic hydroxyl groups is 1. The lowest BCUT2D eigenvalue weighted by Crippen LogP contribution is -1.84. The van der Waals surface area contributed by atoms with Gasteiger partial charge in [-0.2, -0.15) is 0 Å².